The van der Waals surface area contributed by atoms with Crippen LogP contribution in [0, 0.1) is 0 Å². The molecular formula is C22H18BrNO4. The van der Waals surface area contributed by atoms with Crippen molar-refractivity contribution in [1.29, 1.82) is 0 Å². The second kappa shape index (κ2) is 9.19. The van der Waals surface area contributed by atoms with Crippen LogP contribution in [0.2, 0.25) is 0 Å². The van der Waals surface area contributed by atoms with Crippen LogP contribution in [0.5, 0.6) is 11.5 Å². The minimum Gasteiger partial charge on any atom is -0.496 e. The van der Waals surface area contributed by atoms with Gasteiger partial charge in [-0.15, -0.1) is 0 Å². The van der Waals surface area contributed by atoms with Gasteiger partial charge in [-0.05, 0) is 58.4 Å². The monoisotopic (exact) mass is 439 g/mol. The van der Waals surface area contributed by atoms with Crippen LogP contribution in [0.3, 0.4) is 0 Å². The van der Waals surface area contributed by atoms with Crippen LogP contribution in [0.4, 0.5) is 5.69 Å². The number of methoxy groups -OCH3 is 1. The Labute approximate surface area is 171 Å². The summed E-state index contributed by atoms with van der Waals surface area (Å²) in [4.78, 5) is 25.0. The molecule has 0 unspecified atom stereocenters. The summed E-state index contributed by atoms with van der Waals surface area (Å²) in [7, 11) is 1.56. The van der Waals surface area contributed by atoms with E-state index in [9.17, 15) is 9.59 Å². The van der Waals surface area contributed by atoms with Crippen LogP contribution >= 0.6 is 15.9 Å². The topological polar surface area (TPSA) is 64.6 Å². The molecule has 0 aromatic heterocycles. The Kier molecular flexibility index (Phi) is 6.45. The Bertz CT molecular complexity index is 989. The minimum atomic E-state index is -0.304. The number of hydrogen-bond acceptors (Lipinski definition) is 4. The number of benzene rings is 3. The second-order valence-electron chi connectivity index (χ2n) is 5.88. The summed E-state index contributed by atoms with van der Waals surface area (Å²) in [6.07, 6.45) is 0. The van der Waals surface area contributed by atoms with Gasteiger partial charge in [0.1, 0.15) is 11.5 Å². The number of hydrogen-bond donors (Lipinski definition) is 1. The molecule has 0 radical (unpaired) electrons. The van der Waals surface area contributed by atoms with E-state index in [0.29, 0.717) is 32.8 Å². The van der Waals surface area contributed by atoms with Crippen molar-refractivity contribution < 1.29 is 19.1 Å². The Hall–Kier alpha value is -3.12. The summed E-state index contributed by atoms with van der Waals surface area (Å²) in [6, 6.07) is 21.0. The first kappa shape index (κ1) is 19.6. The molecule has 5 nitrogen and oxygen atoms in total. The van der Waals surface area contributed by atoms with Crippen molar-refractivity contribution in [2.24, 2.45) is 0 Å². The van der Waals surface area contributed by atoms with Gasteiger partial charge >= 0.3 is 0 Å². The van der Waals surface area contributed by atoms with E-state index < -0.39 is 0 Å². The minimum absolute atomic E-state index is 0.186. The Morgan fingerprint density at radius 3 is 2.36 bits per heavy atom. The molecule has 1 amide bonds. The molecule has 1 N–H and O–H groups in total. The fourth-order valence-electron chi connectivity index (χ4n) is 2.57. The van der Waals surface area contributed by atoms with E-state index >= 15 is 0 Å². The highest BCUT2D eigenvalue weighted by molar-refractivity contribution is 9.10. The van der Waals surface area contributed by atoms with Gasteiger partial charge in [0.25, 0.3) is 5.91 Å². The molecule has 0 aliphatic carbocycles. The number of anilines is 1. The average Bonchev–Trinajstić information content (AvgIpc) is 2.72. The molecule has 0 spiro atoms. The van der Waals surface area contributed by atoms with Gasteiger partial charge in [-0.3, -0.25) is 9.59 Å². The summed E-state index contributed by atoms with van der Waals surface area (Å²) >= 11 is 3.36. The third-order valence-electron chi connectivity index (χ3n) is 4.00. The first-order valence-corrected chi connectivity index (χ1v) is 9.33. The molecule has 0 fully saturated rings. The van der Waals surface area contributed by atoms with Crippen molar-refractivity contribution in [3.05, 3.63) is 88.4 Å². The highest BCUT2D eigenvalue weighted by Crippen LogP contribution is 2.26. The zero-order valence-corrected chi connectivity index (χ0v) is 16.7. The van der Waals surface area contributed by atoms with E-state index in [1.165, 1.54) is 0 Å². The van der Waals surface area contributed by atoms with Gasteiger partial charge in [-0.25, -0.2) is 0 Å². The molecule has 0 heterocycles. The predicted octanol–water partition coefficient (Wildman–Crippen LogP) is 4.97. The number of ketones is 1. The van der Waals surface area contributed by atoms with Crippen LogP contribution in [0.25, 0.3) is 0 Å². The molecule has 3 aromatic carbocycles. The van der Waals surface area contributed by atoms with Gasteiger partial charge in [0.05, 0.1) is 17.1 Å². The van der Waals surface area contributed by atoms with Crippen molar-refractivity contribution in [2.45, 2.75) is 0 Å². The molecule has 0 aliphatic heterocycles. The van der Waals surface area contributed by atoms with Crippen LogP contribution in [-0.2, 0) is 0 Å². The lowest BCUT2D eigenvalue weighted by Gasteiger charge is -2.12. The normalized spacial score (nSPS) is 10.2. The van der Waals surface area contributed by atoms with Crippen LogP contribution < -0.4 is 14.8 Å². The summed E-state index contributed by atoms with van der Waals surface area (Å²) in [5.41, 5.74) is 1.52. The zero-order valence-electron chi connectivity index (χ0n) is 15.1. The standard InChI is InChI=1S/C22H18BrNO4/c1-27-21-12-11-15(13-18(21)23)19(25)14-28-20-10-6-5-9-17(20)22(26)24-16-7-3-2-4-8-16/h2-13H,14H2,1H3,(H,24,26). The largest absolute Gasteiger partial charge is 0.496 e. The smallest absolute Gasteiger partial charge is 0.259 e. The molecule has 0 saturated carbocycles. The maximum Gasteiger partial charge on any atom is 0.259 e. The number of rotatable bonds is 7. The molecule has 6 heteroatoms. The number of nitrogens with one attached hydrogen (secondary N) is 1. The first-order chi connectivity index (χ1) is 13.6. The van der Waals surface area contributed by atoms with Gasteiger partial charge in [-0.1, -0.05) is 30.3 Å². The number of Topliss-reactive ketones (excluding diaryl/α,β-unsaturated/α-hetero) is 1. The van der Waals surface area contributed by atoms with E-state index in [1.807, 2.05) is 18.2 Å². The molecule has 3 rings (SSSR count). The molecule has 0 bridgehead atoms. The number of ether oxygens (including phenoxy) is 2. The predicted molar refractivity (Wildman–Crippen MR) is 111 cm³/mol. The van der Waals surface area contributed by atoms with Crippen molar-refractivity contribution in [1.82, 2.24) is 0 Å². The number of carbonyl (C=O) groups is 2. The lowest BCUT2D eigenvalue weighted by molar-refractivity contribution is 0.0914. The quantitative estimate of drug-likeness (QED) is 0.527. The number of para-hydroxylation sites is 2. The summed E-state index contributed by atoms with van der Waals surface area (Å²) in [6.45, 7) is -0.186. The average molecular weight is 440 g/mol. The fourth-order valence-corrected chi connectivity index (χ4v) is 3.11. The lowest BCUT2D eigenvalue weighted by atomic mass is 10.1. The summed E-state index contributed by atoms with van der Waals surface area (Å²) < 4.78 is 11.5. The third kappa shape index (κ3) is 4.78. The molecule has 0 aliphatic rings. The SMILES string of the molecule is COc1ccc(C(=O)COc2ccccc2C(=O)Nc2ccccc2)cc1Br. The molecular weight excluding hydrogens is 422 g/mol. The maximum atomic E-state index is 12.6. The highest BCUT2D eigenvalue weighted by Gasteiger charge is 2.15. The van der Waals surface area contributed by atoms with E-state index in [4.69, 9.17) is 9.47 Å². The Morgan fingerprint density at radius 2 is 1.64 bits per heavy atom. The summed E-state index contributed by atoms with van der Waals surface area (Å²) in [5.74, 6) is 0.473. The summed E-state index contributed by atoms with van der Waals surface area (Å²) in [5, 5.41) is 2.81. The molecule has 28 heavy (non-hydrogen) atoms. The van der Waals surface area contributed by atoms with Gasteiger partial charge in [0.15, 0.2) is 12.4 Å². The Morgan fingerprint density at radius 1 is 0.929 bits per heavy atom. The van der Waals surface area contributed by atoms with E-state index in [2.05, 4.69) is 21.2 Å². The number of halogens is 1. The molecule has 0 saturated heterocycles. The van der Waals surface area contributed by atoms with Gasteiger partial charge < -0.3 is 14.8 Å². The maximum absolute atomic E-state index is 12.6. The van der Waals surface area contributed by atoms with E-state index in [1.54, 1.807) is 61.7 Å². The van der Waals surface area contributed by atoms with Crippen molar-refractivity contribution in [2.75, 3.05) is 19.0 Å². The zero-order chi connectivity index (χ0) is 19.9. The van der Waals surface area contributed by atoms with Crippen molar-refractivity contribution >= 4 is 33.3 Å². The van der Waals surface area contributed by atoms with Gasteiger partial charge in [0.2, 0.25) is 0 Å². The Balaban J connectivity index is 1.70. The molecule has 3 aromatic rings. The van der Waals surface area contributed by atoms with Gasteiger partial charge in [0, 0.05) is 11.3 Å². The number of carbonyl (C=O) groups excluding carboxylic acids is 2. The lowest BCUT2D eigenvalue weighted by Crippen LogP contribution is -2.16. The fraction of sp³-hybridized carbons (Fsp3) is 0.0909. The highest BCUT2D eigenvalue weighted by atomic mass is 79.9. The van der Waals surface area contributed by atoms with Gasteiger partial charge in [-0.2, -0.15) is 0 Å². The van der Waals surface area contributed by atoms with E-state index in [0.717, 1.165) is 0 Å². The molecule has 0 atom stereocenters. The van der Waals surface area contributed by atoms with Crippen molar-refractivity contribution in [3.8, 4) is 11.5 Å². The van der Waals surface area contributed by atoms with E-state index in [-0.39, 0.29) is 18.3 Å². The third-order valence-corrected chi connectivity index (χ3v) is 4.62. The van der Waals surface area contributed by atoms with Crippen LogP contribution in [0.1, 0.15) is 20.7 Å². The van der Waals surface area contributed by atoms with Crippen LogP contribution in [-0.4, -0.2) is 25.4 Å². The first-order valence-electron chi connectivity index (χ1n) is 8.53. The van der Waals surface area contributed by atoms with Crippen LogP contribution in [0.15, 0.2) is 77.3 Å². The second-order valence-corrected chi connectivity index (χ2v) is 6.73. The number of amides is 1. The van der Waals surface area contributed by atoms with Crippen molar-refractivity contribution in [3.63, 3.8) is 0 Å². The molecule has 142 valence electrons.